The molecule has 1 atom stereocenters. The normalized spacial score (nSPS) is 17.3. The fourth-order valence-electron chi connectivity index (χ4n) is 4.22. The molecule has 0 saturated carbocycles. The van der Waals surface area contributed by atoms with Crippen LogP contribution in [0.3, 0.4) is 0 Å². The summed E-state index contributed by atoms with van der Waals surface area (Å²) in [5, 5.41) is 21.0. The molecule has 0 spiro atoms. The van der Waals surface area contributed by atoms with Crippen molar-refractivity contribution in [1.29, 1.82) is 0 Å². The predicted octanol–water partition coefficient (Wildman–Crippen LogP) is 5.43. The minimum atomic E-state index is -1.22. The van der Waals surface area contributed by atoms with E-state index in [1.54, 1.807) is 18.2 Å². The molecular weight excluding hydrogens is 456 g/mol. The summed E-state index contributed by atoms with van der Waals surface area (Å²) in [6.07, 6.45) is 0. The number of benzene rings is 3. The number of aromatic hydroxyl groups is 1. The van der Waals surface area contributed by atoms with Crippen molar-refractivity contribution in [3.63, 3.8) is 0 Å². The van der Waals surface area contributed by atoms with Crippen molar-refractivity contribution in [1.82, 2.24) is 0 Å². The van der Waals surface area contributed by atoms with Gasteiger partial charge in [0.2, 0.25) is 0 Å². The van der Waals surface area contributed by atoms with E-state index in [1.807, 2.05) is 13.8 Å². The maximum Gasteiger partial charge on any atom is 0.300 e. The van der Waals surface area contributed by atoms with Crippen LogP contribution in [0.1, 0.15) is 42.5 Å². The zero-order valence-corrected chi connectivity index (χ0v) is 19.3. The number of aliphatic hydroxyl groups excluding tert-OH is 1. The first-order valence-corrected chi connectivity index (χ1v) is 10.9. The van der Waals surface area contributed by atoms with E-state index < -0.39 is 35.1 Å². The predicted molar refractivity (Wildman–Crippen MR) is 126 cm³/mol. The Hall–Kier alpha value is -4.20. The number of nitrogens with zero attached hydrogens (tertiary/aromatic N) is 1. The average molecular weight is 479 g/mol. The number of amides is 1. The maximum absolute atomic E-state index is 14.8. The highest BCUT2D eigenvalue weighted by atomic mass is 19.1. The van der Waals surface area contributed by atoms with Crippen LogP contribution in [0.4, 0.5) is 14.5 Å². The first kappa shape index (κ1) is 23.9. The molecule has 3 aromatic carbocycles. The van der Waals surface area contributed by atoms with Gasteiger partial charge in [-0.3, -0.25) is 14.5 Å². The van der Waals surface area contributed by atoms with Crippen LogP contribution in [0.25, 0.3) is 5.76 Å². The van der Waals surface area contributed by atoms with Gasteiger partial charge < -0.3 is 14.9 Å². The third-order valence-corrected chi connectivity index (χ3v) is 5.95. The molecule has 35 heavy (non-hydrogen) atoms. The maximum atomic E-state index is 14.8. The molecule has 8 heteroatoms. The minimum absolute atomic E-state index is 0.0290. The average Bonchev–Trinajstić information content (AvgIpc) is 3.09. The topological polar surface area (TPSA) is 87.1 Å². The van der Waals surface area contributed by atoms with Crippen LogP contribution >= 0.6 is 0 Å². The lowest BCUT2D eigenvalue weighted by atomic mass is 9.93. The molecule has 1 fully saturated rings. The summed E-state index contributed by atoms with van der Waals surface area (Å²) < 4.78 is 33.7. The molecule has 1 amide bonds. The van der Waals surface area contributed by atoms with E-state index in [2.05, 4.69) is 0 Å². The minimum Gasteiger partial charge on any atom is -0.508 e. The van der Waals surface area contributed by atoms with Crippen LogP contribution in [-0.2, 0) is 9.59 Å². The molecule has 1 heterocycles. The third kappa shape index (κ3) is 4.23. The van der Waals surface area contributed by atoms with Crippen LogP contribution in [-0.4, -0.2) is 29.0 Å². The number of methoxy groups -OCH3 is 1. The lowest BCUT2D eigenvalue weighted by Crippen LogP contribution is -2.30. The Labute approximate surface area is 200 Å². The van der Waals surface area contributed by atoms with Crippen molar-refractivity contribution >= 4 is 23.1 Å². The molecule has 0 radical (unpaired) electrons. The highest BCUT2D eigenvalue weighted by molar-refractivity contribution is 6.51. The molecule has 1 aliphatic heterocycles. The first-order chi connectivity index (χ1) is 16.6. The van der Waals surface area contributed by atoms with E-state index in [0.717, 1.165) is 22.6 Å². The lowest BCUT2D eigenvalue weighted by Gasteiger charge is -2.26. The first-order valence-electron chi connectivity index (χ1n) is 10.9. The molecular formula is C27H23F2NO5. The molecule has 0 aromatic heterocycles. The van der Waals surface area contributed by atoms with Crippen molar-refractivity contribution in [3.8, 4) is 11.5 Å². The van der Waals surface area contributed by atoms with E-state index in [4.69, 9.17) is 4.74 Å². The summed E-state index contributed by atoms with van der Waals surface area (Å²) in [7, 11) is 1.52. The SMILES string of the molecule is COc1ccc(/C(O)=C2/C(=O)C(=O)N(c3ccc(F)cc3F)C2c2ccc(O)cc2)cc1C(C)C. The summed E-state index contributed by atoms with van der Waals surface area (Å²) >= 11 is 0. The second-order valence-corrected chi connectivity index (χ2v) is 8.47. The Morgan fingerprint density at radius 2 is 1.69 bits per heavy atom. The number of carbonyl (C=O) groups is 2. The number of rotatable bonds is 5. The highest BCUT2D eigenvalue weighted by Gasteiger charge is 2.47. The molecule has 2 N–H and O–H groups in total. The number of phenolic OH excluding ortho intramolecular Hbond substituents is 1. The molecule has 1 unspecified atom stereocenters. The van der Waals surface area contributed by atoms with Gasteiger partial charge in [-0.2, -0.15) is 0 Å². The van der Waals surface area contributed by atoms with Gasteiger partial charge in [-0.05, 0) is 59.5 Å². The number of aliphatic hydroxyl groups is 1. The number of phenols is 1. The number of ketones is 1. The Bertz CT molecular complexity index is 1350. The molecule has 0 bridgehead atoms. The number of ether oxygens (including phenoxy) is 1. The van der Waals surface area contributed by atoms with Gasteiger partial charge in [0.15, 0.2) is 0 Å². The summed E-state index contributed by atoms with van der Waals surface area (Å²) in [5.41, 5.74) is 0.810. The van der Waals surface area contributed by atoms with Crippen LogP contribution in [0.2, 0.25) is 0 Å². The smallest absolute Gasteiger partial charge is 0.300 e. The fourth-order valence-corrected chi connectivity index (χ4v) is 4.22. The van der Waals surface area contributed by atoms with Gasteiger partial charge in [0, 0.05) is 11.6 Å². The molecule has 0 aliphatic carbocycles. The van der Waals surface area contributed by atoms with Crippen LogP contribution in [0.15, 0.2) is 66.2 Å². The molecule has 6 nitrogen and oxygen atoms in total. The Balaban J connectivity index is 1.96. The summed E-state index contributed by atoms with van der Waals surface area (Å²) in [6.45, 7) is 3.88. The molecule has 180 valence electrons. The molecule has 1 saturated heterocycles. The van der Waals surface area contributed by atoms with Crippen molar-refractivity contribution in [2.75, 3.05) is 12.0 Å². The van der Waals surface area contributed by atoms with Gasteiger partial charge in [-0.15, -0.1) is 0 Å². The van der Waals surface area contributed by atoms with Crippen molar-refractivity contribution < 1.29 is 33.3 Å². The Morgan fingerprint density at radius 1 is 1.00 bits per heavy atom. The van der Waals surface area contributed by atoms with E-state index in [1.165, 1.54) is 31.4 Å². The second-order valence-electron chi connectivity index (χ2n) is 8.47. The van der Waals surface area contributed by atoms with Gasteiger partial charge in [0.1, 0.15) is 28.9 Å². The molecule has 1 aliphatic rings. The third-order valence-electron chi connectivity index (χ3n) is 5.95. The van der Waals surface area contributed by atoms with Gasteiger partial charge in [0.25, 0.3) is 11.7 Å². The van der Waals surface area contributed by atoms with Gasteiger partial charge in [-0.1, -0.05) is 26.0 Å². The van der Waals surface area contributed by atoms with Crippen LogP contribution < -0.4 is 9.64 Å². The number of carbonyl (C=O) groups excluding carboxylic acids is 2. The summed E-state index contributed by atoms with van der Waals surface area (Å²) in [5.74, 6) is -3.86. The summed E-state index contributed by atoms with van der Waals surface area (Å²) in [4.78, 5) is 27.2. The highest BCUT2D eigenvalue weighted by Crippen LogP contribution is 2.43. The summed E-state index contributed by atoms with van der Waals surface area (Å²) in [6, 6.07) is 11.9. The largest absolute Gasteiger partial charge is 0.508 e. The Kier molecular flexibility index (Phi) is 6.30. The van der Waals surface area contributed by atoms with Crippen LogP contribution in [0.5, 0.6) is 11.5 Å². The van der Waals surface area contributed by atoms with Crippen molar-refractivity contribution in [3.05, 3.63) is 94.6 Å². The quantitative estimate of drug-likeness (QED) is 0.290. The number of hydrogen-bond donors (Lipinski definition) is 2. The Morgan fingerprint density at radius 3 is 2.29 bits per heavy atom. The monoisotopic (exact) mass is 479 g/mol. The zero-order valence-electron chi connectivity index (χ0n) is 19.3. The number of Topliss-reactive ketones (excluding diaryl/α,β-unsaturated/α-hetero) is 1. The van der Waals surface area contributed by atoms with Gasteiger partial charge in [-0.25, -0.2) is 8.78 Å². The standard InChI is InChI=1S/C27H23F2NO5/c1-14(2)19-12-16(6-11-22(19)35-3)25(32)23-24(15-4-8-18(31)9-5-15)30(27(34)26(23)33)21-10-7-17(28)13-20(21)29/h4-14,24,31-32H,1-3H3/b25-23-. The zero-order chi connectivity index (χ0) is 25.4. The lowest BCUT2D eigenvalue weighted by molar-refractivity contribution is -0.132. The molecule has 3 aromatic rings. The number of hydrogen-bond acceptors (Lipinski definition) is 5. The van der Waals surface area contributed by atoms with E-state index in [0.29, 0.717) is 17.4 Å². The van der Waals surface area contributed by atoms with Crippen LogP contribution in [0, 0.1) is 11.6 Å². The van der Waals surface area contributed by atoms with Crippen molar-refractivity contribution in [2.45, 2.75) is 25.8 Å². The number of anilines is 1. The van der Waals surface area contributed by atoms with E-state index in [9.17, 15) is 28.6 Å². The van der Waals surface area contributed by atoms with E-state index in [-0.39, 0.29) is 28.5 Å². The fraction of sp³-hybridized carbons (Fsp3) is 0.185. The van der Waals surface area contributed by atoms with Gasteiger partial charge >= 0.3 is 0 Å². The number of halogens is 2. The second kappa shape index (κ2) is 9.21. The van der Waals surface area contributed by atoms with E-state index >= 15 is 0 Å². The van der Waals surface area contributed by atoms with Crippen molar-refractivity contribution in [2.24, 2.45) is 0 Å². The molecule has 4 rings (SSSR count). The van der Waals surface area contributed by atoms with Gasteiger partial charge in [0.05, 0.1) is 24.4 Å².